The summed E-state index contributed by atoms with van der Waals surface area (Å²) in [5.74, 6) is -7.69. The van der Waals surface area contributed by atoms with Crippen LogP contribution in [-0.4, -0.2) is 36.0 Å². The predicted molar refractivity (Wildman–Crippen MR) is 115 cm³/mol. The van der Waals surface area contributed by atoms with Gasteiger partial charge in [-0.05, 0) is 48.1 Å². The number of primary amides is 1. The molecular formula is C24H20F4N2O5. The summed E-state index contributed by atoms with van der Waals surface area (Å²) in [6, 6.07) is 4.30. The smallest absolute Gasteiger partial charge is 0.309 e. The van der Waals surface area contributed by atoms with Gasteiger partial charge < -0.3 is 20.9 Å². The zero-order valence-corrected chi connectivity index (χ0v) is 18.3. The van der Waals surface area contributed by atoms with Crippen molar-refractivity contribution >= 4 is 17.8 Å². The number of hydrogen-bond acceptors (Lipinski definition) is 4. The van der Waals surface area contributed by atoms with Crippen molar-refractivity contribution in [2.24, 2.45) is 23.5 Å². The van der Waals surface area contributed by atoms with Gasteiger partial charge in [0.25, 0.3) is 17.9 Å². The Morgan fingerprint density at radius 2 is 1.80 bits per heavy atom. The van der Waals surface area contributed by atoms with Crippen LogP contribution in [0.5, 0.6) is 5.75 Å². The lowest BCUT2D eigenvalue weighted by Crippen LogP contribution is -2.47. The lowest BCUT2D eigenvalue weighted by Gasteiger charge is -2.30. The number of nitrogens with two attached hydrogens (primary N) is 1. The number of allylic oxidation sites excluding steroid dienone is 1. The molecule has 0 saturated heterocycles. The molecule has 11 heteroatoms. The van der Waals surface area contributed by atoms with Crippen molar-refractivity contribution in [1.29, 1.82) is 0 Å². The second-order valence-electron chi connectivity index (χ2n) is 8.55. The first-order chi connectivity index (χ1) is 16.5. The van der Waals surface area contributed by atoms with Gasteiger partial charge in [-0.15, -0.1) is 0 Å². The molecule has 2 amide bonds. The van der Waals surface area contributed by atoms with E-state index in [1.165, 1.54) is 13.2 Å². The molecule has 2 aromatic carbocycles. The lowest BCUT2D eigenvalue weighted by molar-refractivity contribution is -0.143. The van der Waals surface area contributed by atoms with Gasteiger partial charge in [0.2, 0.25) is 0 Å². The molecule has 2 bridgehead atoms. The number of halogens is 4. The summed E-state index contributed by atoms with van der Waals surface area (Å²) in [7, 11) is 1.20. The number of carboxylic acid groups (broad SMARTS) is 1. The van der Waals surface area contributed by atoms with E-state index in [1.807, 2.05) is 0 Å². The van der Waals surface area contributed by atoms with E-state index in [-0.39, 0.29) is 40.9 Å². The third kappa shape index (κ3) is 4.22. The third-order valence-electron chi connectivity index (χ3n) is 6.72. The van der Waals surface area contributed by atoms with Gasteiger partial charge in [0.15, 0.2) is 0 Å². The maximum atomic E-state index is 14.8. The summed E-state index contributed by atoms with van der Waals surface area (Å²) in [4.78, 5) is 36.5. The minimum Gasteiger partial charge on any atom is -0.496 e. The fraction of sp³-hybridized carbons (Fsp3) is 0.292. The van der Waals surface area contributed by atoms with Crippen LogP contribution >= 0.6 is 0 Å². The average Bonchev–Trinajstić information content (AvgIpc) is 3.38. The molecule has 4 N–H and O–H groups in total. The molecule has 2 saturated carbocycles. The van der Waals surface area contributed by atoms with Crippen molar-refractivity contribution in [1.82, 2.24) is 5.32 Å². The number of methoxy groups -OCH3 is 1. The van der Waals surface area contributed by atoms with E-state index in [0.29, 0.717) is 0 Å². The molecule has 4 atom stereocenters. The summed E-state index contributed by atoms with van der Waals surface area (Å²) in [6.07, 6.45) is -1.72. The highest BCUT2D eigenvalue weighted by Gasteiger charge is 2.55. The minimum atomic E-state index is -1.90. The van der Waals surface area contributed by atoms with E-state index in [2.05, 4.69) is 5.32 Å². The SMILES string of the molecule is COc1cc(F)c(-c2ccc(F)c(C(N)=O)c2)cc1C(=O)N[C@@H]1[C@H]2CC(=C(F)F)[C@H](C2)[C@@H]1C(=O)O. The Kier molecular flexibility index (Phi) is 6.27. The highest BCUT2D eigenvalue weighted by Crippen LogP contribution is 2.53. The molecule has 0 spiro atoms. The number of ether oxygens (including phenoxy) is 1. The Balaban J connectivity index is 1.69. The number of fused-ring (bicyclic) bond motifs is 2. The third-order valence-corrected chi connectivity index (χ3v) is 6.72. The number of benzene rings is 2. The Morgan fingerprint density at radius 1 is 1.09 bits per heavy atom. The molecule has 2 fully saturated rings. The first-order valence-corrected chi connectivity index (χ1v) is 10.6. The molecule has 0 heterocycles. The lowest BCUT2D eigenvalue weighted by atomic mass is 9.81. The quantitative estimate of drug-likeness (QED) is 0.531. The topological polar surface area (TPSA) is 119 Å². The fourth-order valence-corrected chi connectivity index (χ4v) is 5.15. The summed E-state index contributed by atoms with van der Waals surface area (Å²) in [5.41, 5.74) is 4.22. The van der Waals surface area contributed by atoms with Gasteiger partial charge in [0.1, 0.15) is 17.4 Å². The van der Waals surface area contributed by atoms with Crippen LogP contribution in [0.2, 0.25) is 0 Å². The number of carbonyl (C=O) groups is 3. The molecule has 4 rings (SSSR count). The van der Waals surface area contributed by atoms with E-state index in [9.17, 15) is 37.1 Å². The van der Waals surface area contributed by atoms with Crippen molar-refractivity contribution in [3.8, 4) is 16.9 Å². The summed E-state index contributed by atoms with van der Waals surface area (Å²) >= 11 is 0. The van der Waals surface area contributed by atoms with Crippen LogP contribution in [0.3, 0.4) is 0 Å². The van der Waals surface area contributed by atoms with E-state index in [4.69, 9.17) is 10.5 Å². The Hall–Kier alpha value is -3.89. The van der Waals surface area contributed by atoms with Crippen LogP contribution in [0.15, 0.2) is 42.0 Å². The van der Waals surface area contributed by atoms with E-state index >= 15 is 0 Å². The highest BCUT2D eigenvalue weighted by molar-refractivity contribution is 5.99. The molecule has 7 nitrogen and oxygen atoms in total. The Bertz CT molecular complexity index is 1270. The predicted octanol–water partition coefficient (Wildman–Crippen LogP) is 3.73. The van der Waals surface area contributed by atoms with Gasteiger partial charge in [0, 0.05) is 23.6 Å². The van der Waals surface area contributed by atoms with Crippen molar-refractivity contribution < 1.29 is 41.8 Å². The van der Waals surface area contributed by atoms with Gasteiger partial charge in [-0.3, -0.25) is 14.4 Å². The van der Waals surface area contributed by atoms with Crippen molar-refractivity contribution in [2.75, 3.05) is 7.11 Å². The first-order valence-electron chi connectivity index (χ1n) is 10.6. The van der Waals surface area contributed by atoms with Crippen LogP contribution in [-0.2, 0) is 4.79 Å². The normalized spacial score (nSPS) is 22.7. The second-order valence-corrected chi connectivity index (χ2v) is 8.55. The maximum absolute atomic E-state index is 14.8. The maximum Gasteiger partial charge on any atom is 0.309 e. The zero-order chi connectivity index (χ0) is 25.6. The van der Waals surface area contributed by atoms with Crippen LogP contribution in [0, 0.1) is 29.4 Å². The minimum absolute atomic E-state index is 0.0288. The molecule has 0 aliphatic heterocycles. The molecular weight excluding hydrogens is 472 g/mol. The van der Waals surface area contributed by atoms with Crippen LogP contribution in [0.4, 0.5) is 17.6 Å². The van der Waals surface area contributed by atoms with Gasteiger partial charge in [-0.2, -0.15) is 8.78 Å². The monoisotopic (exact) mass is 492 g/mol. The standard InChI is InChI=1S/C24H20F4N2O5/c1-35-18-8-17(26)11(9-2-3-16(25)14(4-9)22(29)31)7-15(18)23(32)30-20-10-5-12(19(20)24(33)34)13(6-10)21(27)28/h2-4,7-8,10,12,19-20H,5-6H2,1H3,(H2,29,31)(H,30,32)(H,33,34)/t10-,12+,19+,20-/m1/s1. The van der Waals surface area contributed by atoms with E-state index < -0.39 is 64.9 Å². The number of amides is 2. The van der Waals surface area contributed by atoms with Crippen LogP contribution < -0.4 is 15.8 Å². The number of hydrogen-bond donors (Lipinski definition) is 3. The number of nitrogens with one attached hydrogen (secondary N) is 1. The van der Waals surface area contributed by atoms with Gasteiger partial charge in [0.05, 0.1) is 24.2 Å². The van der Waals surface area contributed by atoms with E-state index in [1.54, 1.807) is 0 Å². The number of aliphatic carboxylic acids is 1. The molecule has 35 heavy (non-hydrogen) atoms. The molecule has 0 radical (unpaired) electrons. The molecule has 0 aromatic heterocycles. The largest absolute Gasteiger partial charge is 0.496 e. The van der Waals surface area contributed by atoms with Gasteiger partial charge in [-0.1, -0.05) is 6.07 Å². The van der Waals surface area contributed by atoms with Gasteiger partial charge in [-0.25, -0.2) is 8.78 Å². The van der Waals surface area contributed by atoms with E-state index in [0.717, 1.165) is 24.3 Å². The molecule has 2 aromatic rings. The Labute approximate surface area is 196 Å². The van der Waals surface area contributed by atoms with Crippen LogP contribution in [0.1, 0.15) is 33.6 Å². The summed E-state index contributed by atoms with van der Waals surface area (Å²) < 4.78 is 60.3. The van der Waals surface area contributed by atoms with Crippen LogP contribution in [0.25, 0.3) is 11.1 Å². The summed E-state index contributed by atoms with van der Waals surface area (Å²) in [5, 5.41) is 12.3. The average molecular weight is 492 g/mol. The Morgan fingerprint density at radius 3 is 2.40 bits per heavy atom. The number of carbonyl (C=O) groups excluding carboxylic acids is 2. The zero-order valence-electron chi connectivity index (χ0n) is 18.3. The number of rotatable bonds is 6. The molecule has 184 valence electrons. The molecule has 2 aliphatic rings. The van der Waals surface area contributed by atoms with Crippen molar-refractivity contribution in [3.05, 3.63) is 64.7 Å². The highest BCUT2D eigenvalue weighted by atomic mass is 19.3. The second kappa shape index (κ2) is 9.05. The first kappa shape index (κ1) is 24.2. The van der Waals surface area contributed by atoms with Crippen molar-refractivity contribution in [3.63, 3.8) is 0 Å². The summed E-state index contributed by atoms with van der Waals surface area (Å²) in [6.45, 7) is 0. The van der Waals surface area contributed by atoms with Crippen molar-refractivity contribution in [2.45, 2.75) is 18.9 Å². The number of carboxylic acids is 1. The fourth-order valence-electron chi connectivity index (χ4n) is 5.15. The molecule has 2 aliphatic carbocycles. The molecule has 0 unspecified atom stereocenters. The van der Waals surface area contributed by atoms with Gasteiger partial charge >= 0.3 is 5.97 Å².